The van der Waals surface area contributed by atoms with Gasteiger partial charge in [-0.2, -0.15) is 0 Å². The minimum absolute atomic E-state index is 0.208. The lowest BCUT2D eigenvalue weighted by Gasteiger charge is -2.18. The van der Waals surface area contributed by atoms with Crippen molar-refractivity contribution in [3.05, 3.63) is 47.5 Å². The Balaban J connectivity index is 2.06. The summed E-state index contributed by atoms with van der Waals surface area (Å²) in [5.74, 6) is 2.01. The lowest BCUT2D eigenvalue weighted by molar-refractivity contribution is 0.287. The van der Waals surface area contributed by atoms with E-state index in [0.717, 1.165) is 5.75 Å². The third kappa shape index (κ3) is 4.89. The number of hydrogen-bond donors (Lipinski definition) is 1. The molecule has 0 aromatic heterocycles. The topological polar surface area (TPSA) is 73.9 Å². The van der Waals surface area contributed by atoms with E-state index in [1.807, 2.05) is 0 Å². The van der Waals surface area contributed by atoms with Crippen molar-refractivity contribution in [1.82, 2.24) is 4.72 Å². The highest BCUT2D eigenvalue weighted by Gasteiger charge is 2.22. The number of sulfonamides is 1. The molecule has 0 saturated heterocycles. The third-order valence-corrected chi connectivity index (χ3v) is 5.75. The van der Waals surface area contributed by atoms with Crippen LogP contribution in [0.1, 0.15) is 18.1 Å². The van der Waals surface area contributed by atoms with Crippen molar-refractivity contribution in [2.75, 3.05) is 20.8 Å². The van der Waals surface area contributed by atoms with Crippen LogP contribution in [-0.4, -0.2) is 35.3 Å². The maximum atomic E-state index is 12.8. The van der Waals surface area contributed by atoms with E-state index in [0.29, 0.717) is 22.6 Å². The summed E-state index contributed by atoms with van der Waals surface area (Å²) in [6.07, 6.45) is 0. The fourth-order valence-electron chi connectivity index (χ4n) is 2.70. The summed E-state index contributed by atoms with van der Waals surface area (Å²) < 4.78 is 44.1. The lowest BCUT2D eigenvalue weighted by Crippen LogP contribution is -2.37. The average molecular weight is 379 g/mol. The van der Waals surface area contributed by atoms with Crippen LogP contribution in [0.4, 0.5) is 0 Å². The summed E-state index contributed by atoms with van der Waals surface area (Å²) in [6, 6.07) is 10.1. The van der Waals surface area contributed by atoms with E-state index in [1.54, 1.807) is 71.4 Å². The van der Waals surface area contributed by atoms with Crippen LogP contribution in [0, 0.1) is 13.8 Å². The van der Waals surface area contributed by atoms with Crippen molar-refractivity contribution >= 4 is 10.0 Å². The summed E-state index contributed by atoms with van der Waals surface area (Å²) in [5.41, 5.74) is 1.27. The second kappa shape index (κ2) is 8.42. The molecule has 0 unspecified atom stereocenters. The highest BCUT2D eigenvalue weighted by Crippen LogP contribution is 2.25. The van der Waals surface area contributed by atoms with Crippen LogP contribution in [0.2, 0.25) is 0 Å². The predicted octanol–water partition coefficient (Wildman–Crippen LogP) is 3.07. The van der Waals surface area contributed by atoms with Crippen LogP contribution in [0.5, 0.6) is 17.2 Å². The molecule has 2 aromatic rings. The minimum atomic E-state index is -3.67. The van der Waals surface area contributed by atoms with E-state index in [9.17, 15) is 8.42 Å². The van der Waals surface area contributed by atoms with Crippen molar-refractivity contribution in [2.24, 2.45) is 0 Å². The zero-order valence-electron chi connectivity index (χ0n) is 15.7. The van der Waals surface area contributed by atoms with Crippen molar-refractivity contribution < 1.29 is 22.6 Å². The van der Waals surface area contributed by atoms with Gasteiger partial charge in [0, 0.05) is 0 Å². The molecule has 1 atom stereocenters. The number of benzene rings is 2. The fourth-order valence-corrected chi connectivity index (χ4v) is 4.38. The molecular formula is C19H25NO5S. The molecule has 0 bridgehead atoms. The van der Waals surface area contributed by atoms with Gasteiger partial charge in [0.2, 0.25) is 10.0 Å². The van der Waals surface area contributed by atoms with Crippen molar-refractivity contribution in [2.45, 2.75) is 31.7 Å². The number of methoxy groups -OCH3 is 2. The van der Waals surface area contributed by atoms with Crippen LogP contribution in [0.15, 0.2) is 41.3 Å². The molecule has 2 aromatic carbocycles. The smallest absolute Gasteiger partial charge is 0.241 e. The van der Waals surface area contributed by atoms with Gasteiger partial charge in [0.15, 0.2) is 0 Å². The molecule has 6 nitrogen and oxygen atoms in total. The lowest BCUT2D eigenvalue weighted by atomic mass is 10.1. The van der Waals surface area contributed by atoms with Crippen LogP contribution >= 0.6 is 0 Å². The first-order valence-corrected chi connectivity index (χ1v) is 9.69. The SMILES string of the molecule is COc1ccc(OC[C@H](C)NS(=O)(=O)c2c(C)cc(OC)cc2C)cc1. The van der Waals surface area contributed by atoms with Crippen LogP contribution < -0.4 is 18.9 Å². The molecule has 142 valence electrons. The highest BCUT2D eigenvalue weighted by molar-refractivity contribution is 7.89. The van der Waals surface area contributed by atoms with Gasteiger partial charge < -0.3 is 14.2 Å². The van der Waals surface area contributed by atoms with Gasteiger partial charge in [-0.15, -0.1) is 0 Å². The Bertz CT molecular complexity index is 824. The Hall–Kier alpha value is -2.25. The summed E-state index contributed by atoms with van der Waals surface area (Å²) in [6.45, 7) is 5.47. The zero-order chi connectivity index (χ0) is 19.3. The maximum Gasteiger partial charge on any atom is 0.241 e. The molecule has 0 amide bonds. The number of rotatable bonds is 8. The molecule has 26 heavy (non-hydrogen) atoms. The molecule has 0 aliphatic rings. The Labute approximate surface area is 155 Å². The third-order valence-electron chi connectivity index (χ3n) is 3.85. The molecule has 0 aliphatic heterocycles. The van der Waals surface area contributed by atoms with Gasteiger partial charge in [0.25, 0.3) is 0 Å². The first-order chi connectivity index (χ1) is 12.3. The summed E-state index contributed by atoms with van der Waals surface area (Å²) >= 11 is 0. The van der Waals surface area contributed by atoms with Gasteiger partial charge in [-0.05, 0) is 68.3 Å². The highest BCUT2D eigenvalue weighted by atomic mass is 32.2. The van der Waals surface area contributed by atoms with Gasteiger partial charge >= 0.3 is 0 Å². The summed E-state index contributed by atoms with van der Waals surface area (Å²) in [5, 5.41) is 0. The largest absolute Gasteiger partial charge is 0.497 e. The number of hydrogen-bond acceptors (Lipinski definition) is 5. The van der Waals surface area contributed by atoms with E-state index in [1.165, 1.54) is 0 Å². The fraction of sp³-hybridized carbons (Fsp3) is 0.368. The Morgan fingerprint density at radius 2 is 1.42 bits per heavy atom. The summed E-state index contributed by atoms with van der Waals surface area (Å²) in [7, 11) is -0.519. The molecule has 0 spiro atoms. The first-order valence-electron chi connectivity index (χ1n) is 8.21. The van der Waals surface area contributed by atoms with Crippen molar-refractivity contribution in [1.29, 1.82) is 0 Å². The Kier molecular flexibility index (Phi) is 6.50. The molecular weight excluding hydrogens is 354 g/mol. The predicted molar refractivity (Wildman–Crippen MR) is 101 cm³/mol. The van der Waals surface area contributed by atoms with E-state index in [2.05, 4.69) is 4.72 Å². The quantitative estimate of drug-likeness (QED) is 0.763. The monoisotopic (exact) mass is 379 g/mol. The standard InChI is InChI=1S/C19H25NO5S/c1-13-10-18(24-5)11-14(2)19(13)26(21,22)20-15(3)12-25-17-8-6-16(23-4)7-9-17/h6-11,15,20H,12H2,1-5H3/t15-/m0/s1. The number of ether oxygens (including phenoxy) is 3. The van der Waals surface area contributed by atoms with E-state index >= 15 is 0 Å². The molecule has 0 radical (unpaired) electrons. The van der Waals surface area contributed by atoms with E-state index in [-0.39, 0.29) is 11.5 Å². The molecule has 0 aliphatic carbocycles. The molecule has 0 heterocycles. The number of aryl methyl sites for hydroxylation is 2. The summed E-state index contributed by atoms with van der Waals surface area (Å²) in [4.78, 5) is 0.273. The normalized spacial score (nSPS) is 12.5. The Morgan fingerprint density at radius 3 is 1.92 bits per heavy atom. The van der Waals surface area contributed by atoms with Gasteiger partial charge in [0.1, 0.15) is 23.9 Å². The molecule has 0 fully saturated rings. The van der Waals surface area contributed by atoms with Crippen LogP contribution in [0.25, 0.3) is 0 Å². The average Bonchev–Trinajstić information content (AvgIpc) is 2.59. The first kappa shape index (κ1) is 20.1. The van der Waals surface area contributed by atoms with Crippen LogP contribution in [-0.2, 0) is 10.0 Å². The van der Waals surface area contributed by atoms with E-state index in [4.69, 9.17) is 14.2 Å². The second-order valence-electron chi connectivity index (χ2n) is 6.10. The van der Waals surface area contributed by atoms with Gasteiger partial charge in [-0.25, -0.2) is 13.1 Å². The molecule has 1 N–H and O–H groups in total. The van der Waals surface area contributed by atoms with Gasteiger partial charge in [-0.1, -0.05) is 0 Å². The van der Waals surface area contributed by atoms with Crippen molar-refractivity contribution in [3.8, 4) is 17.2 Å². The second-order valence-corrected chi connectivity index (χ2v) is 7.75. The Morgan fingerprint density at radius 1 is 0.923 bits per heavy atom. The molecule has 7 heteroatoms. The zero-order valence-corrected chi connectivity index (χ0v) is 16.5. The van der Waals surface area contributed by atoms with E-state index < -0.39 is 16.1 Å². The molecule has 0 saturated carbocycles. The van der Waals surface area contributed by atoms with Gasteiger partial charge in [-0.3, -0.25) is 0 Å². The number of nitrogens with one attached hydrogen (secondary N) is 1. The van der Waals surface area contributed by atoms with Gasteiger partial charge in [0.05, 0.1) is 25.2 Å². The maximum absolute atomic E-state index is 12.8. The minimum Gasteiger partial charge on any atom is -0.497 e. The van der Waals surface area contributed by atoms with Crippen molar-refractivity contribution in [3.63, 3.8) is 0 Å². The van der Waals surface area contributed by atoms with Crippen LogP contribution in [0.3, 0.4) is 0 Å². The molecule has 2 rings (SSSR count).